The number of aliphatic hydroxyl groups excluding tert-OH is 1. The molecule has 0 aliphatic heterocycles. The van der Waals surface area contributed by atoms with Crippen molar-refractivity contribution in [3.05, 3.63) is 27.9 Å². The highest BCUT2D eigenvalue weighted by atomic mass is 17.0. The van der Waals surface area contributed by atoms with Crippen molar-refractivity contribution in [3.8, 4) is 11.6 Å². The van der Waals surface area contributed by atoms with Crippen molar-refractivity contribution < 1.29 is 48.3 Å². The molecule has 0 spiro atoms. The van der Waals surface area contributed by atoms with E-state index in [0.29, 0.717) is 63.4 Å². The highest BCUT2D eigenvalue weighted by Gasteiger charge is 2.32. The summed E-state index contributed by atoms with van der Waals surface area (Å²) < 4.78 is 26.3. The monoisotopic (exact) mass is 684 g/mol. The van der Waals surface area contributed by atoms with Crippen LogP contribution < -0.4 is 20.5 Å². The fraction of sp³-hybridized carbons (Fsp3) is 0.788. The number of ether oxygens (including phenoxy) is 5. The van der Waals surface area contributed by atoms with Crippen LogP contribution >= 0.6 is 0 Å². The summed E-state index contributed by atoms with van der Waals surface area (Å²) >= 11 is 0. The Morgan fingerprint density at radius 3 is 2.35 bits per heavy atom. The summed E-state index contributed by atoms with van der Waals surface area (Å²) in [5, 5.41) is 23.6. The zero-order valence-electron chi connectivity index (χ0n) is 29.4. The number of amides is 1. The van der Waals surface area contributed by atoms with Crippen molar-refractivity contribution >= 4 is 12.1 Å². The molecule has 4 N–H and O–H groups in total. The predicted octanol–water partition coefficient (Wildman–Crippen LogP) is 4.20. The quantitative estimate of drug-likeness (QED) is 0.0547. The lowest BCUT2D eigenvalue weighted by atomic mass is 9.81. The third-order valence-electron chi connectivity index (χ3n) is 8.75. The van der Waals surface area contributed by atoms with Crippen LogP contribution in [0.5, 0.6) is 11.6 Å². The minimum absolute atomic E-state index is 0.0294. The number of nitrogens with zero attached hydrogens (tertiary/aromatic N) is 2. The van der Waals surface area contributed by atoms with Crippen molar-refractivity contribution in [2.24, 2.45) is 29.4 Å². The van der Waals surface area contributed by atoms with Crippen LogP contribution in [-0.2, 0) is 30.3 Å². The number of rotatable bonds is 21. The molecule has 1 saturated carbocycles. The standard InChI is InChI=1S/C33H56N4O11/c1-20(2)24(15-23-16-30(32(44-7)35-19-23)45-14-8-13-43-6)17-28(34)29(38)18-27(21(3)4)31(39)36-25-9-11-26(12-10-25)47-33(40)46-22(5)48-37(41)42/h16,19-22,24-29,38H,8-15,17-18,34H2,1-7H3,(H,36,39)/t22?,24-,25?,26?,27-,28-,29-/m0/s1. The van der Waals surface area contributed by atoms with Crippen LogP contribution in [0.15, 0.2) is 12.3 Å². The van der Waals surface area contributed by atoms with Crippen molar-refractivity contribution in [1.82, 2.24) is 10.3 Å². The van der Waals surface area contributed by atoms with Crippen molar-refractivity contribution in [1.29, 1.82) is 0 Å². The lowest BCUT2D eigenvalue weighted by Gasteiger charge is -2.32. The SMILES string of the molecule is COCCCOc1cc(C[C@@H](C[C@H](N)[C@@H](O)C[C@H](C(=O)NC2CCC(OC(=O)OC(C)O[N+](=O)[O-])CC2)C(C)C)C(C)C)cnc1OC. The van der Waals surface area contributed by atoms with Crippen LogP contribution in [0, 0.1) is 33.8 Å². The Hall–Kier alpha value is -3.43. The third-order valence-corrected chi connectivity index (χ3v) is 8.75. The zero-order chi connectivity index (χ0) is 35.8. The molecule has 1 aliphatic rings. The summed E-state index contributed by atoms with van der Waals surface area (Å²) in [7, 11) is 3.20. The Balaban J connectivity index is 1.91. The number of hydrogen-bond donors (Lipinski definition) is 3. The average Bonchev–Trinajstić information content (AvgIpc) is 3.01. The number of nitrogens with one attached hydrogen (secondary N) is 1. The number of hydrogen-bond acceptors (Lipinski definition) is 13. The van der Waals surface area contributed by atoms with Gasteiger partial charge in [-0.05, 0) is 81.3 Å². The first kappa shape index (κ1) is 40.7. The molecule has 48 heavy (non-hydrogen) atoms. The van der Waals surface area contributed by atoms with Crippen LogP contribution in [0.4, 0.5) is 4.79 Å². The Morgan fingerprint density at radius 2 is 1.77 bits per heavy atom. The van der Waals surface area contributed by atoms with Gasteiger partial charge in [-0.15, -0.1) is 10.1 Å². The van der Waals surface area contributed by atoms with Gasteiger partial charge in [-0.25, -0.2) is 9.78 Å². The van der Waals surface area contributed by atoms with E-state index in [1.807, 2.05) is 19.9 Å². The molecule has 1 heterocycles. The fourth-order valence-corrected chi connectivity index (χ4v) is 5.82. The molecule has 15 nitrogen and oxygen atoms in total. The largest absolute Gasteiger partial charge is 0.510 e. The first-order valence-corrected chi connectivity index (χ1v) is 16.8. The maximum absolute atomic E-state index is 13.4. The molecule has 1 fully saturated rings. The first-order valence-electron chi connectivity index (χ1n) is 16.8. The maximum Gasteiger partial charge on any atom is 0.510 e. The van der Waals surface area contributed by atoms with Gasteiger partial charge in [0.05, 0.1) is 19.8 Å². The molecule has 1 aliphatic carbocycles. The number of nitrogens with two attached hydrogens (primary N) is 1. The van der Waals surface area contributed by atoms with Crippen LogP contribution in [0.1, 0.15) is 85.1 Å². The van der Waals surface area contributed by atoms with Gasteiger partial charge in [0.25, 0.3) is 11.0 Å². The van der Waals surface area contributed by atoms with Gasteiger partial charge in [-0.2, -0.15) is 0 Å². The van der Waals surface area contributed by atoms with Gasteiger partial charge in [0, 0.05) is 44.3 Å². The summed E-state index contributed by atoms with van der Waals surface area (Å²) in [6, 6.07) is 1.29. The Labute approximate surface area is 283 Å². The molecule has 274 valence electrons. The molecule has 5 atom stereocenters. The molecular formula is C33H56N4O11. The van der Waals surface area contributed by atoms with Gasteiger partial charge in [0.2, 0.25) is 12.2 Å². The van der Waals surface area contributed by atoms with E-state index in [2.05, 4.69) is 29.0 Å². The van der Waals surface area contributed by atoms with Gasteiger partial charge in [-0.3, -0.25) is 9.63 Å². The number of aliphatic hydroxyl groups is 1. The van der Waals surface area contributed by atoms with Crippen LogP contribution in [0.3, 0.4) is 0 Å². The molecular weight excluding hydrogens is 628 g/mol. The van der Waals surface area contributed by atoms with E-state index >= 15 is 0 Å². The molecule has 2 rings (SSSR count). The Kier molecular flexibility index (Phi) is 17.7. The minimum Gasteiger partial charge on any atom is -0.488 e. The van der Waals surface area contributed by atoms with Gasteiger partial charge in [0.15, 0.2) is 5.75 Å². The number of carbonyl (C=O) groups excluding carboxylic acids is 2. The number of aromatic nitrogens is 1. The molecule has 1 aromatic rings. The molecule has 0 bridgehead atoms. The smallest absolute Gasteiger partial charge is 0.488 e. The summed E-state index contributed by atoms with van der Waals surface area (Å²) in [4.78, 5) is 44.2. The van der Waals surface area contributed by atoms with E-state index in [1.54, 1.807) is 20.4 Å². The number of pyridine rings is 1. The molecule has 1 aromatic heterocycles. The van der Waals surface area contributed by atoms with Crippen LogP contribution in [0.2, 0.25) is 0 Å². The first-order chi connectivity index (χ1) is 22.7. The average molecular weight is 685 g/mol. The number of carbonyl (C=O) groups is 2. The zero-order valence-corrected chi connectivity index (χ0v) is 29.4. The van der Waals surface area contributed by atoms with Crippen LogP contribution in [-0.4, -0.2) is 85.3 Å². The molecule has 0 aromatic carbocycles. The van der Waals surface area contributed by atoms with Crippen molar-refractivity contribution in [2.75, 3.05) is 27.4 Å². The third kappa shape index (κ3) is 14.4. The lowest BCUT2D eigenvalue weighted by Crippen LogP contribution is -2.46. The second kappa shape index (κ2) is 20.8. The van der Waals surface area contributed by atoms with E-state index in [9.17, 15) is 24.8 Å². The fourth-order valence-electron chi connectivity index (χ4n) is 5.82. The van der Waals surface area contributed by atoms with Gasteiger partial charge >= 0.3 is 6.16 Å². The van der Waals surface area contributed by atoms with E-state index < -0.39 is 41.7 Å². The van der Waals surface area contributed by atoms with Gasteiger partial charge < -0.3 is 39.8 Å². The van der Waals surface area contributed by atoms with Crippen molar-refractivity contribution in [2.45, 2.75) is 117 Å². The van der Waals surface area contributed by atoms with Crippen molar-refractivity contribution in [3.63, 3.8) is 0 Å². The van der Waals surface area contributed by atoms with E-state index in [0.717, 1.165) is 12.0 Å². The highest BCUT2D eigenvalue weighted by molar-refractivity contribution is 5.79. The van der Waals surface area contributed by atoms with Crippen LogP contribution in [0.25, 0.3) is 0 Å². The topological polar surface area (TPSA) is 204 Å². The normalized spacial score (nSPS) is 19.5. The number of methoxy groups -OCH3 is 2. The summed E-state index contributed by atoms with van der Waals surface area (Å²) in [6.45, 7) is 10.4. The molecule has 15 heteroatoms. The molecule has 1 unspecified atom stereocenters. The van der Waals surface area contributed by atoms with Gasteiger partial charge in [0.1, 0.15) is 6.10 Å². The molecule has 0 radical (unpaired) electrons. The summed E-state index contributed by atoms with van der Waals surface area (Å²) in [5.41, 5.74) is 7.55. The Bertz CT molecular complexity index is 1130. The minimum atomic E-state index is -1.38. The van der Waals surface area contributed by atoms with E-state index in [1.165, 1.54) is 6.92 Å². The summed E-state index contributed by atoms with van der Waals surface area (Å²) in [5.74, 6) is 0.796. The molecule has 1 amide bonds. The second-order valence-corrected chi connectivity index (χ2v) is 13.2. The van der Waals surface area contributed by atoms with E-state index in [-0.39, 0.29) is 36.1 Å². The predicted molar refractivity (Wildman–Crippen MR) is 176 cm³/mol. The summed E-state index contributed by atoms with van der Waals surface area (Å²) in [6.07, 6.45) is 2.39. The van der Waals surface area contributed by atoms with Gasteiger partial charge in [-0.1, -0.05) is 27.7 Å². The second-order valence-electron chi connectivity index (χ2n) is 13.2. The highest BCUT2D eigenvalue weighted by Crippen LogP contribution is 2.30. The Morgan fingerprint density at radius 1 is 1.08 bits per heavy atom. The molecule has 0 saturated heterocycles. The maximum atomic E-state index is 13.4. The lowest BCUT2D eigenvalue weighted by molar-refractivity contribution is -0.777. The van der Waals surface area contributed by atoms with E-state index in [4.69, 9.17) is 29.4 Å².